The van der Waals surface area contributed by atoms with Crippen molar-refractivity contribution in [2.45, 2.75) is 6.92 Å². The molecule has 0 amide bonds. The fourth-order valence-corrected chi connectivity index (χ4v) is 1.21. The number of carboxylic acid groups (broad SMARTS) is 1. The van der Waals surface area contributed by atoms with Crippen LogP contribution < -0.4 is 5.73 Å². The Bertz CT molecular complexity index is 435. The van der Waals surface area contributed by atoms with E-state index in [2.05, 4.69) is 0 Å². The second-order valence-electron chi connectivity index (χ2n) is 2.94. The maximum Gasteiger partial charge on any atom is 0.337 e. The van der Waals surface area contributed by atoms with Gasteiger partial charge in [-0.3, -0.25) is 4.79 Å². The average molecular weight is 205 g/mol. The van der Waals surface area contributed by atoms with Crippen LogP contribution >= 0.6 is 0 Å². The van der Waals surface area contributed by atoms with Gasteiger partial charge >= 0.3 is 5.97 Å². The zero-order chi connectivity index (χ0) is 11.4. The van der Waals surface area contributed by atoms with Crippen LogP contribution in [0.2, 0.25) is 0 Å². The highest BCUT2D eigenvalue weighted by molar-refractivity contribution is 6.11. The van der Waals surface area contributed by atoms with Crippen molar-refractivity contribution >= 4 is 17.4 Å². The van der Waals surface area contributed by atoms with Crippen LogP contribution in [0.5, 0.6) is 0 Å². The molecule has 0 heterocycles. The fraction of sp³-hybridized carbons (Fsp3) is 0.0909. The van der Waals surface area contributed by atoms with Crippen molar-refractivity contribution in [2.75, 3.05) is 5.73 Å². The molecular formula is C11H11NO3. The number of rotatable bonds is 3. The lowest BCUT2D eigenvalue weighted by Crippen LogP contribution is -2.08. The molecule has 0 spiro atoms. The topological polar surface area (TPSA) is 80.4 Å². The van der Waals surface area contributed by atoms with Crippen molar-refractivity contribution in [1.29, 1.82) is 0 Å². The Morgan fingerprint density at radius 2 is 1.93 bits per heavy atom. The minimum absolute atomic E-state index is 0.00750. The molecule has 0 saturated heterocycles. The Kier molecular flexibility index (Phi) is 3.23. The van der Waals surface area contributed by atoms with Gasteiger partial charge < -0.3 is 10.8 Å². The number of para-hydroxylation sites is 1. The summed E-state index contributed by atoms with van der Waals surface area (Å²) in [5.41, 5.74) is 5.75. The Balaban J connectivity index is 3.27. The Labute approximate surface area is 87.0 Å². The summed E-state index contributed by atoms with van der Waals surface area (Å²) in [5, 5.41) is 8.79. The van der Waals surface area contributed by atoms with E-state index in [0.29, 0.717) is 0 Å². The lowest BCUT2D eigenvalue weighted by Gasteiger charge is -2.04. The van der Waals surface area contributed by atoms with Gasteiger partial charge in [0.2, 0.25) is 0 Å². The number of benzene rings is 1. The average Bonchev–Trinajstić information content (AvgIpc) is 2.17. The number of nitrogens with two attached hydrogens (primary N) is 1. The van der Waals surface area contributed by atoms with E-state index in [-0.39, 0.29) is 22.6 Å². The van der Waals surface area contributed by atoms with Crippen molar-refractivity contribution in [3.05, 3.63) is 41.5 Å². The van der Waals surface area contributed by atoms with Gasteiger partial charge in [0.1, 0.15) is 0 Å². The van der Waals surface area contributed by atoms with Gasteiger partial charge in [0, 0.05) is 5.56 Å². The molecule has 78 valence electrons. The SMILES string of the molecule is CC=CC(=O)c1cccc(C(=O)O)c1N. The molecular weight excluding hydrogens is 194 g/mol. The second kappa shape index (κ2) is 4.41. The van der Waals surface area contributed by atoms with Gasteiger partial charge in [-0.25, -0.2) is 4.79 Å². The monoisotopic (exact) mass is 205 g/mol. The highest BCUT2D eigenvalue weighted by atomic mass is 16.4. The first-order chi connectivity index (χ1) is 7.07. The van der Waals surface area contributed by atoms with E-state index in [0.717, 1.165) is 0 Å². The maximum atomic E-state index is 11.5. The summed E-state index contributed by atoms with van der Waals surface area (Å²) in [6.45, 7) is 1.70. The first-order valence-electron chi connectivity index (χ1n) is 4.36. The van der Waals surface area contributed by atoms with Crippen LogP contribution in [-0.2, 0) is 0 Å². The number of carbonyl (C=O) groups is 2. The van der Waals surface area contributed by atoms with E-state index in [9.17, 15) is 9.59 Å². The van der Waals surface area contributed by atoms with E-state index in [1.807, 2.05) is 0 Å². The molecule has 0 radical (unpaired) electrons. The van der Waals surface area contributed by atoms with E-state index in [4.69, 9.17) is 10.8 Å². The summed E-state index contributed by atoms with van der Waals surface area (Å²) in [4.78, 5) is 22.2. The molecule has 15 heavy (non-hydrogen) atoms. The lowest BCUT2D eigenvalue weighted by molar-refractivity contribution is 0.0698. The summed E-state index contributed by atoms with van der Waals surface area (Å²) >= 11 is 0. The molecule has 1 aromatic rings. The van der Waals surface area contributed by atoms with Gasteiger partial charge in [-0.15, -0.1) is 0 Å². The molecule has 0 aliphatic heterocycles. The zero-order valence-electron chi connectivity index (χ0n) is 8.23. The molecule has 0 fully saturated rings. The number of allylic oxidation sites excluding steroid dienone is 2. The van der Waals surface area contributed by atoms with Crippen LogP contribution in [-0.4, -0.2) is 16.9 Å². The van der Waals surface area contributed by atoms with E-state index in [1.165, 1.54) is 24.3 Å². The lowest BCUT2D eigenvalue weighted by atomic mass is 10.0. The van der Waals surface area contributed by atoms with Crippen LogP contribution in [0.25, 0.3) is 0 Å². The third kappa shape index (κ3) is 2.22. The standard InChI is InChI=1S/C11H11NO3/c1-2-4-9(13)7-5-3-6-8(10(7)12)11(14)15/h2-6H,12H2,1H3,(H,14,15). The number of hydrogen-bond acceptors (Lipinski definition) is 3. The Morgan fingerprint density at radius 1 is 1.33 bits per heavy atom. The van der Waals surface area contributed by atoms with Gasteiger partial charge in [-0.05, 0) is 25.1 Å². The van der Waals surface area contributed by atoms with Crippen molar-refractivity contribution in [3.63, 3.8) is 0 Å². The number of ketones is 1. The van der Waals surface area contributed by atoms with Crippen molar-refractivity contribution < 1.29 is 14.7 Å². The summed E-state index contributed by atoms with van der Waals surface area (Å²) < 4.78 is 0. The largest absolute Gasteiger partial charge is 0.478 e. The van der Waals surface area contributed by atoms with E-state index in [1.54, 1.807) is 13.0 Å². The number of hydrogen-bond donors (Lipinski definition) is 2. The highest BCUT2D eigenvalue weighted by Gasteiger charge is 2.13. The number of aromatic carboxylic acids is 1. The van der Waals surface area contributed by atoms with Gasteiger partial charge in [0.15, 0.2) is 5.78 Å². The second-order valence-corrected chi connectivity index (χ2v) is 2.94. The Morgan fingerprint density at radius 3 is 2.47 bits per heavy atom. The zero-order valence-corrected chi connectivity index (χ0v) is 8.23. The van der Waals surface area contributed by atoms with Crippen molar-refractivity contribution in [3.8, 4) is 0 Å². The van der Waals surface area contributed by atoms with Crippen molar-refractivity contribution in [2.24, 2.45) is 0 Å². The molecule has 0 aromatic heterocycles. The summed E-state index contributed by atoms with van der Waals surface area (Å²) in [6, 6.07) is 4.37. The summed E-state index contributed by atoms with van der Waals surface area (Å²) in [6.07, 6.45) is 2.92. The molecule has 1 rings (SSSR count). The number of carbonyl (C=O) groups excluding carboxylic acids is 1. The number of anilines is 1. The molecule has 0 saturated carbocycles. The molecule has 3 N–H and O–H groups in total. The van der Waals surface area contributed by atoms with Crippen LogP contribution in [0.3, 0.4) is 0 Å². The molecule has 1 aromatic carbocycles. The fourth-order valence-electron chi connectivity index (χ4n) is 1.21. The normalized spacial score (nSPS) is 10.5. The third-order valence-electron chi connectivity index (χ3n) is 1.92. The van der Waals surface area contributed by atoms with Crippen LogP contribution in [0.1, 0.15) is 27.6 Å². The third-order valence-corrected chi connectivity index (χ3v) is 1.92. The first kappa shape index (κ1) is 11.0. The smallest absolute Gasteiger partial charge is 0.337 e. The van der Waals surface area contributed by atoms with Crippen LogP contribution in [0.4, 0.5) is 5.69 Å². The summed E-state index contributed by atoms with van der Waals surface area (Å²) in [7, 11) is 0. The highest BCUT2D eigenvalue weighted by Crippen LogP contribution is 2.18. The van der Waals surface area contributed by atoms with Gasteiger partial charge in [0.05, 0.1) is 11.3 Å². The number of carboxylic acids is 1. The van der Waals surface area contributed by atoms with Crippen LogP contribution in [0, 0.1) is 0 Å². The number of nitrogen functional groups attached to an aromatic ring is 1. The van der Waals surface area contributed by atoms with Gasteiger partial charge in [-0.2, -0.15) is 0 Å². The van der Waals surface area contributed by atoms with E-state index >= 15 is 0 Å². The van der Waals surface area contributed by atoms with E-state index < -0.39 is 5.97 Å². The molecule has 0 aliphatic rings. The molecule has 0 atom stereocenters. The molecule has 0 aliphatic carbocycles. The summed E-state index contributed by atoms with van der Waals surface area (Å²) in [5.74, 6) is -1.43. The van der Waals surface area contributed by atoms with Crippen LogP contribution in [0.15, 0.2) is 30.4 Å². The van der Waals surface area contributed by atoms with Crippen molar-refractivity contribution in [1.82, 2.24) is 0 Å². The van der Waals surface area contributed by atoms with Gasteiger partial charge in [-0.1, -0.05) is 12.1 Å². The predicted molar refractivity (Wildman–Crippen MR) is 57.0 cm³/mol. The molecule has 0 unspecified atom stereocenters. The molecule has 4 nitrogen and oxygen atoms in total. The predicted octanol–water partition coefficient (Wildman–Crippen LogP) is 1.73. The quantitative estimate of drug-likeness (QED) is 0.447. The minimum Gasteiger partial charge on any atom is -0.478 e. The minimum atomic E-state index is -1.14. The maximum absolute atomic E-state index is 11.5. The Hall–Kier alpha value is -2.10. The molecule has 0 bridgehead atoms. The van der Waals surface area contributed by atoms with Gasteiger partial charge in [0.25, 0.3) is 0 Å². The first-order valence-corrected chi connectivity index (χ1v) is 4.36. The molecule has 4 heteroatoms.